The van der Waals surface area contributed by atoms with Crippen molar-refractivity contribution in [1.29, 1.82) is 0 Å². The summed E-state index contributed by atoms with van der Waals surface area (Å²) in [7, 11) is 0. The topological polar surface area (TPSA) is 22.9 Å². The Morgan fingerprint density at radius 2 is 1.71 bits per heavy atom. The third kappa shape index (κ3) is 3.80. The number of anilines is 1. The van der Waals surface area contributed by atoms with Crippen molar-refractivity contribution in [3.05, 3.63) is 18.1 Å². The third-order valence-electron chi connectivity index (χ3n) is 4.88. The molecule has 4 heteroatoms. The molecule has 2 aliphatic rings. The standard InChI is InChI=1S/C17H29N3O/c1-15(2)19-8-10-20(11-9-19)16-12-17(21-14-16)13-18-6-4-3-5-7-18/h12,14-15H,3-11,13H2,1-2H3. The van der Waals surface area contributed by atoms with Gasteiger partial charge in [0.05, 0.1) is 12.2 Å². The minimum atomic E-state index is 0.658. The molecule has 3 heterocycles. The van der Waals surface area contributed by atoms with Gasteiger partial charge in [-0.25, -0.2) is 0 Å². The van der Waals surface area contributed by atoms with Crippen LogP contribution in [0.4, 0.5) is 5.69 Å². The Bertz CT molecular complexity index is 429. The van der Waals surface area contributed by atoms with Gasteiger partial charge >= 0.3 is 0 Å². The van der Waals surface area contributed by atoms with E-state index in [-0.39, 0.29) is 0 Å². The average molecular weight is 291 g/mol. The Morgan fingerprint density at radius 3 is 2.38 bits per heavy atom. The minimum Gasteiger partial charge on any atom is -0.466 e. The van der Waals surface area contributed by atoms with Gasteiger partial charge in [0.15, 0.2) is 0 Å². The second kappa shape index (κ2) is 6.84. The third-order valence-corrected chi connectivity index (χ3v) is 4.88. The number of piperazine rings is 1. The molecule has 0 aromatic carbocycles. The Kier molecular flexibility index (Phi) is 4.86. The van der Waals surface area contributed by atoms with Gasteiger partial charge in [0.25, 0.3) is 0 Å². The highest BCUT2D eigenvalue weighted by Crippen LogP contribution is 2.22. The van der Waals surface area contributed by atoms with E-state index in [0.29, 0.717) is 6.04 Å². The van der Waals surface area contributed by atoms with E-state index in [4.69, 9.17) is 4.42 Å². The molecule has 21 heavy (non-hydrogen) atoms. The van der Waals surface area contributed by atoms with E-state index in [1.165, 1.54) is 38.0 Å². The van der Waals surface area contributed by atoms with Crippen molar-refractivity contribution in [2.24, 2.45) is 0 Å². The van der Waals surface area contributed by atoms with Gasteiger partial charge in [0, 0.05) is 38.3 Å². The van der Waals surface area contributed by atoms with E-state index in [1.807, 2.05) is 6.26 Å². The summed E-state index contributed by atoms with van der Waals surface area (Å²) in [6.07, 6.45) is 6.01. The number of nitrogens with zero attached hydrogens (tertiary/aromatic N) is 3. The van der Waals surface area contributed by atoms with E-state index in [0.717, 1.165) is 38.5 Å². The van der Waals surface area contributed by atoms with Crippen molar-refractivity contribution in [3.8, 4) is 0 Å². The highest BCUT2D eigenvalue weighted by Gasteiger charge is 2.20. The molecule has 2 aliphatic heterocycles. The molecular formula is C17H29N3O. The second-order valence-corrected chi connectivity index (χ2v) is 6.72. The number of hydrogen-bond donors (Lipinski definition) is 0. The highest BCUT2D eigenvalue weighted by atomic mass is 16.3. The van der Waals surface area contributed by atoms with E-state index in [9.17, 15) is 0 Å². The van der Waals surface area contributed by atoms with E-state index in [1.54, 1.807) is 0 Å². The van der Waals surface area contributed by atoms with Gasteiger partial charge in [-0.1, -0.05) is 6.42 Å². The van der Waals surface area contributed by atoms with Crippen LogP contribution in [0.5, 0.6) is 0 Å². The van der Waals surface area contributed by atoms with Gasteiger partial charge in [0.1, 0.15) is 12.0 Å². The monoisotopic (exact) mass is 291 g/mol. The maximum Gasteiger partial charge on any atom is 0.119 e. The summed E-state index contributed by atoms with van der Waals surface area (Å²) in [5.41, 5.74) is 1.27. The zero-order valence-corrected chi connectivity index (χ0v) is 13.6. The van der Waals surface area contributed by atoms with Gasteiger partial charge in [-0.15, -0.1) is 0 Å². The molecule has 1 aromatic heterocycles. The first-order valence-electron chi connectivity index (χ1n) is 8.51. The minimum absolute atomic E-state index is 0.658. The van der Waals surface area contributed by atoms with Crippen LogP contribution in [0.25, 0.3) is 0 Å². The first-order chi connectivity index (χ1) is 10.2. The van der Waals surface area contributed by atoms with Crippen LogP contribution >= 0.6 is 0 Å². The van der Waals surface area contributed by atoms with Crippen LogP contribution in [0.2, 0.25) is 0 Å². The van der Waals surface area contributed by atoms with Crippen molar-refractivity contribution in [3.63, 3.8) is 0 Å². The SMILES string of the molecule is CC(C)N1CCN(c2coc(CN3CCCCC3)c2)CC1. The molecule has 0 spiro atoms. The summed E-state index contributed by atoms with van der Waals surface area (Å²) in [6.45, 7) is 12.5. The molecule has 0 amide bonds. The molecule has 0 N–H and O–H groups in total. The smallest absolute Gasteiger partial charge is 0.119 e. The maximum atomic E-state index is 5.80. The molecule has 2 saturated heterocycles. The summed E-state index contributed by atoms with van der Waals surface area (Å²) >= 11 is 0. The fraction of sp³-hybridized carbons (Fsp3) is 0.765. The largest absolute Gasteiger partial charge is 0.466 e. The van der Waals surface area contributed by atoms with Crippen LogP contribution in [0.1, 0.15) is 38.9 Å². The summed E-state index contributed by atoms with van der Waals surface area (Å²) in [6, 6.07) is 2.91. The fourth-order valence-electron chi connectivity index (χ4n) is 3.45. The molecule has 0 bridgehead atoms. The first-order valence-corrected chi connectivity index (χ1v) is 8.51. The summed E-state index contributed by atoms with van der Waals surface area (Å²) in [4.78, 5) is 7.52. The van der Waals surface area contributed by atoms with Crippen molar-refractivity contribution < 1.29 is 4.42 Å². The Labute approximate surface area is 128 Å². The van der Waals surface area contributed by atoms with Crippen molar-refractivity contribution in [2.45, 2.75) is 45.7 Å². The number of piperidine rings is 1. The van der Waals surface area contributed by atoms with Gasteiger partial charge in [-0.05, 0) is 39.8 Å². The molecule has 0 saturated carbocycles. The van der Waals surface area contributed by atoms with Crippen LogP contribution in [0.15, 0.2) is 16.7 Å². The van der Waals surface area contributed by atoms with Crippen LogP contribution in [0, 0.1) is 0 Å². The van der Waals surface area contributed by atoms with Crippen molar-refractivity contribution in [2.75, 3.05) is 44.2 Å². The number of furan rings is 1. The lowest BCUT2D eigenvalue weighted by molar-refractivity contribution is 0.205. The molecule has 118 valence electrons. The molecule has 0 aliphatic carbocycles. The van der Waals surface area contributed by atoms with Gasteiger partial charge in [-0.3, -0.25) is 9.80 Å². The van der Waals surface area contributed by atoms with Crippen molar-refractivity contribution in [1.82, 2.24) is 9.80 Å². The predicted molar refractivity (Wildman–Crippen MR) is 86.8 cm³/mol. The van der Waals surface area contributed by atoms with Crippen molar-refractivity contribution >= 4 is 5.69 Å². The van der Waals surface area contributed by atoms with E-state index in [2.05, 4.69) is 34.6 Å². The fourth-order valence-corrected chi connectivity index (χ4v) is 3.45. The average Bonchev–Trinajstić information content (AvgIpc) is 2.97. The number of hydrogen-bond acceptors (Lipinski definition) is 4. The second-order valence-electron chi connectivity index (χ2n) is 6.72. The van der Waals surface area contributed by atoms with Crippen LogP contribution in [0.3, 0.4) is 0 Å². The Balaban J connectivity index is 1.53. The van der Waals surface area contributed by atoms with Gasteiger partial charge < -0.3 is 9.32 Å². The van der Waals surface area contributed by atoms with Crippen LogP contribution < -0.4 is 4.90 Å². The highest BCUT2D eigenvalue weighted by molar-refractivity contribution is 5.45. The molecule has 3 rings (SSSR count). The zero-order valence-electron chi connectivity index (χ0n) is 13.6. The van der Waals surface area contributed by atoms with Gasteiger partial charge in [-0.2, -0.15) is 0 Å². The molecule has 0 unspecified atom stereocenters. The Hall–Kier alpha value is -1.00. The van der Waals surface area contributed by atoms with E-state index >= 15 is 0 Å². The maximum absolute atomic E-state index is 5.80. The summed E-state index contributed by atoms with van der Waals surface area (Å²) in [5.74, 6) is 1.12. The van der Waals surface area contributed by atoms with Gasteiger partial charge in [0.2, 0.25) is 0 Å². The lowest BCUT2D eigenvalue weighted by Gasteiger charge is -2.37. The quantitative estimate of drug-likeness (QED) is 0.851. The lowest BCUT2D eigenvalue weighted by Crippen LogP contribution is -2.48. The summed E-state index contributed by atoms with van der Waals surface area (Å²) in [5, 5.41) is 0. The molecule has 2 fully saturated rings. The van der Waals surface area contributed by atoms with Crippen LogP contribution in [-0.4, -0.2) is 55.1 Å². The molecule has 0 atom stereocenters. The normalized spacial score (nSPS) is 22.1. The zero-order chi connectivity index (χ0) is 14.7. The predicted octanol–water partition coefficient (Wildman–Crippen LogP) is 2.80. The van der Waals surface area contributed by atoms with Crippen LogP contribution in [-0.2, 0) is 6.54 Å². The molecule has 0 radical (unpaired) electrons. The Morgan fingerprint density at radius 1 is 1.00 bits per heavy atom. The molecule has 4 nitrogen and oxygen atoms in total. The van der Waals surface area contributed by atoms with E-state index < -0.39 is 0 Å². The first kappa shape index (κ1) is 14.9. The summed E-state index contributed by atoms with van der Waals surface area (Å²) < 4.78 is 5.80. The number of likely N-dealkylation sites (tertiary alicyclic amines) is 1. The molecule has 1 aromatic rings. The molecular weight excluding hydrogens is 262 g/mol. The number of rotatable bonds is 4. The lowest BCUT2D eigenvalue weighted by atomic mass is 10.1.